The van der Waals surface area contributed by atoms with E-state index in [0.717, 1.165) is 71.0 Å². The maximum atomic E-state index is 11.0. The molecule has 1 saturated heterocycles. The zero-order valence-electron chi connectivity index (χ0n) is 15.1. The largest absolute Gasteiger partial charge is 0.377 e. The van der Waals surface area contributed by atoms with Crippen LogP contribution < -0.4 is 16.4 Å². The highest BCUT2D eigenvalue weighted by molar-refractivity contribution is 14.0. The number of likely N-dealkylation sites (tertiary alicyclic amines) is 1. The van der Waals surface area contributed by atoms with E-state index in [1.165, 1.54) is 5.57 Å². The van der Waals surface area contributed by atoms with Gasteiger partial charge in [-0.15, -0.1) is 24.0 Å². The first-order valence-electron chi connectivity index (χ1n) is 8.98. The standard InChI is InChI=1S/C17H31N5O2.HI/c1-2-19-17(20-8-3-14-6-11-24-12-7-14)21-15-4-9-22(10-5-15)13-16(18)23;/h6,15H,2-5,7-13H2,1H3,(H2,18,23)(H2,19,20,21);1H. The first-order valence-corrected chi connectivity index (χ1v) is 8.98. The molecule has 7 nitrogen and oxygen atoms in total. The second-order valence-corrected chi connectivity index (χ2v) is 6.36. The molecule has 2 aliphatic heterocycles. The molecule has 0 unspecified atom stereocenters. The van der Waals surface area contributed by atoms with Gasteiger partial charge >= 0.3 is 0 Å². The number of hydrogen-bond donors (Lipinski definition) is 3. The van der Waals surface area contributed by atoms with Crippen LogP contribution in [-0.4, -0.2) is 68.7 Å². The van der Waals surface area contributed by atoms with Gasteiger partial charge in [-0.25, -0.2) is 0 Å². The summed E-state index contributed by atoms with van der Waals surface area (Å²) in [4.78, 5) is 17.8. The number of carbonyl (C=O) groups is 1. The highest BCUT2D eigenvalue weighted by Crippen LogP contribution is 2.12. The van der Waals surface area contributed by atoms with Crippen LogP contribution in [0.2, 0.25) is 0 Å². The van der Waals surface area contributed by atoms with Crippen LogP contribution in [0.25, 0.3) is 0 Å². The Hall–Kier alpha value is -0.870. The van der Waals surface area contributed by atoms with Gasteiger partial charge in [0.1, 0.15) is 0 Å². The second-order valence-electron chi connectivity index (χ2n) is 6.36. The number of halogens is 1. The van der Waals surface area contributed by atoms with Crippen LogP contribution in [0.5, 0.6) is 0 Å². The topological polar surface area (TPSA) is 92.0 Å². The molecule has 144 valence electrons. The van der Waals surface area contributed by atoms with Crippen LogP contribution >= 0.6 is 24.0 Å². The van der Waals surface area contributed by atoms with E-state index in [9.17, 15) is 4.79 Å². The molecule has 2 aliphatic rings. The van der Waals surface area contributed by atoms with Crippen molar-refractivity contribution >= 4 is 35.8 Å². The predicted molar refractivity (Wildman–Crippen MR) is 111 cm³/mol. The Balaban J connectivity index is 0.00000312. The molecule has 25 heavy (non-hydrogen) atoms. The number of primary amides is 1. The van der Waals surface area contributed by atoms with Crippen molar-refractivity contribution in [2.24, 2.45) is 10.7 Å². The van der Waals surface area contributed by atoms with Crippen molar-refractivity contribution in [1.82, 2.24) is 15.5 Å². The smallest absolute Gasteiger partial charge is 0.231 e. The number of nitrogens with one attached hydrogen (secondary N) is 2. The third-order valence-corrected chi connectivity index (χ3v) is 4.41. The highest BCUT2D eigenvalue weighted by Gasteiger charge is 2.20. The van der Waals surface area contributed by atoms with E-state index in [4.69, 9.17) is 15.5 Å². The summed E-state index contributed by atoms with van der Waals surface area (Å²) in [6.07, 6.45) is 6.20. The van der Waals surface area contributed by atoms with Crippen LogP contribution in [0.3, 0.4) is 0 Å². The monoisotopic (exact) mass is 465 g/mol. The molecule has 2 heterocycles. The molecule has 8 heteroatoms. The number of carbonyl (C=O) groups excluding carboxylic acids is 1. The van der Waals surface area contributed by atoms with Crippen molar-refractivity contribution in [3.63, 3.8) is 0 Å². The average molecular weight is 465 g/mol. The van der Waals surface area contributed by atoms with E-state index in [0.29, 0.717) is 12.6 Å². The molecule has 0 aliphatic carbocycles. The Morgan fingerprint density at radius 3 is 2.80 bits per heavy atom. The van der Waals surface area contributed by atoms with Gasteiger partial charge in [0.2, 0.25) is 5.91 Å². The molecule has 0 atom stereocenters. The Bertz CT molecular complexity index is 462. The Labute approximate surface area is 167 Å². The average Bonchev–Trinajstić information content (AvgIpc) is 2.57. The van der Waals surface area contributed by atoms with E-state index in [-0.39, 0.29) is 29.9 Å². The number of amides is 1. The SMILES string of the molecule is CCNC(=NCCC1=CCOCC1)NC1CCN(CC(N)=O)CC1.I. The van der Waals surface area contributed by atoms with Crippen molar-refractivity contribution in [1.29, 1.82) is 0 Å². The van der Waals surface area contributed by atoms with Gasteiger partial charge in [0.15, 0.2) is 5.96 Å². The summed E-state index contributed by atoms with van der Waals surface area (Å²) in [6.45, 7) is 7.44. The molecule has 0 bridgehead atoms. The van der Waals surface area contributed by atoms with Crippen molar-refractivity contribution in [3.8, 4) is 0 Å². The summed E-state index contributed by atoms with van der Waals surface area (Å²) in [5.74, 6) is 0.636. The van der Waals surface area contributed by atoms with Gasteiger partial charge in [-0.05, 0) is 32.6 Å². The third kappa shape index (κ3) is 8.87. The fourth-order valence-electron chi connectivity index (χ4n) is 3.07. The van der Waals surface area contributed by atoms with E-state index in [2.05, 4.69) is 28.5 Å². The van der Waals surface area contributed by atoms with E-state index < -0.39 is 0 Å². The first-order chi connectivity index (χ1) is 11.7. The number of nitrogens with zero attached hydrogens (tertiary/aromatic N) is 2. The quantitative estimate of drug-likeness (QED) is 0.225. The molecule has 0 aromatic heterocycles. The summed E-state index contributed by atoms with van der Waals surface area (Å²) in [5.41, 5.74) is 6.70. The Morgan fingerprint density at radius 2 is 2.20 bits per heavy atom. The summed E-state index contributed by atoms with van der Waals surface area (Å²) in [7, 11) is 0. The van der Waals surface area contributed by atoms with Crippen molar-refractivity contribution in [3.05, 3.63) is 11.6 Å². The van der Waals surface area contributed by atoms with Gasteiger partial charge in [-0.1, -0.05) is 11.6 Å². The molecule has 0 aromatic carbocycles. The molecule has 0 spiro atoms. The summed E-state index contributed by atoms with van der Waals surface area (Å²) in [6, 6.07) is 0.397. The molecule has 0 aromatic rings. The molecule has 0 saturated carbocycles. The number of piperidine rings is 1. The minimum Gasteiger partial charge on any atom is -0.377 e. The van der Waals surface area contributed by atoms with E-state index in [1.54, 1.807) is 0 Å². The zero-order valence-corrected chi connectivity index (χ0v) is 17.5. The lowest BCUT2D eigenvalue weighted by Crippen LogP contribution is -2.49. The summed E-state index contributed by atoms with van der Waals surface area (Å²) in [5, 5.41) is 6.84. The van der Waals surface area contributed by atoms with Crippen LogP contribution in [0.1, 0.15) is 32.6 Å². The lowest BCUT2D eigenvalue weighted by Gasteiger charge is -2.32. The summed E-state index contributed by atoms with van der Waals surface area (Å²) >= 11 is 0. The van der Waals surface area contributed by atoms with Gasteiger partial charge in [0.25, 0.3) is 0 Å². The van der Waals surface area contributed by atoms with Crippen LogP contribution in [0.4, 0.5) is 0 Å². The predicted octanol–water partition coefficient (Wildman–Crippen LogP) is 0.846. The fraction of sp³-hybridized carbons (Fsp3) is 0.765. The molecule has 0 radical (unpaired) electrons. The number of nitrogens with two attached hydrogens (primary N) is 1. The van der Waals surface area contributed by atoms with Crippen molar-refractivity contribution in [2.45, 2.75) is 38.6 Å². The van der Waals surface area contributed by atoms with Gasteiger partial charge in [0, 0.05) is 32.2 Å². The minimum absolute atomic E-state index is 0. The lowest BCUT2D eigenvalue weighted by molar-refractivity contribution is -0.119. The highest BCUT2D eigenvalue weighted by atomic mass is 127. The third-order valence-electron chi connectivity index (χ3n) is 4.41. The Kier molecular flexibility index (Phi) is 11.1. The molecular formula is C17H32IN5O2. The molecule has 4 N–H and O–H groups in total. The minimum atomic E-state index is -0.251. The normalized spacial score (nSPS) is 19.7. The number of guanidine groups is 1. The first kappa shape index (κ1) is 22.2. The van der Waals surface area contributed by atoms with Gasteiger partial charge in [-0.3, -0.25) is 14.7 Å². The van der Waals surface area contributed by atoms with E-state index in [1.807, 2.05) is 0 Å². The number of aliphatic imine (C=N–C) groups is 1. The van der Waals surface area contributed by atoms with Gasteiger partial charge < -0.3 is 21.1 Å². The molecule has 2 rings (SSSR count). The van der Waals surface area contributed by atoms with Crippen LogP contribution in [-0.2, 0) is 9.53 Å². The number of hydrogen-bond acceptors (Lipinski definition) is 4. The summed E-state index contributed by atoms with van der Waals surface area (Å²) < 4.78 is 5.33. The van der Waals surface area contributed by atoms with Crippen molar-refractivity contribution < 1.29 is 9.53 Å². The second kappa shape index (κ2) is 12.5. The van der Waals surface area contributed by atoms with Crippen LogP contribution in [0.15, 0.2) is 16.6 Å². The molecule has 1 fully saturated rings. The maximum absolute atomic E-state index is 11.0. The maximum Gasteiger partial charge on any atom is 0.231 e. The van der Waals surface area contributed by atoms with Crippen molar-refractivity contribution in [2.75, 3.05) is 45.9 Å². The number of rotatable bonds is 7. The van der Waals surface area contributed by atoms with Gasteiger partial charge in [-0.2, -0.15) is 0 Å². The Morgan fingerprint density at radius 1 is 1.44 bits per heavy atom. The zero-order chi connectivity index (χ0) is 17.2. The number of ether oxygens (including phenoxy) is 1. The molecule has 1 amide bonds. The fourth-order valence-corrected chi connectivity index (χ4v) is 3.07. The van der Waals surface area contributed by atoms with Crippen LogP contribution in [0, 0.1) is 0 Å². The molecular weight excluding hydrogens is 433 g/mol. The lowest BCUT2D eigenvalue weighted by atomic mass is 10.1. The van der Waals surface area contributed by atoms with Gasteiger partial charge in [0.05, 0.1) is 19.8 Å². The van der Waals surface area contributed by atoms with E-state index >= 15 is 0 Å².